The predicted octanol–water partition coefficient (Wildman–Crippen LogP) is 8.27. The van der Waals surface area contributed by atoms with E-state index >= 15 is 0 Å². The minimum Gasteiger partial charge on any atom is -0.393 e. The first-order valence-corrected chi connectivity index (χ1v) is 14.4. The number of aliphatic hydroxyl groups is 1. The Hall–Kier alpha value is -0.300. The lowest BCUT2D eigenvalue weighted by Crippen LogP contribution is -2.55. The van der Waals surface area contributed by atoms with Crippen molar-refractivity contribution >= 4 is 0 Å². The van der Waals surface area contributed by atoms with Gasteiger partial charge in [-0.2, -0.15) is 0 Å². The molecule has 0 heterocycles. The first-order valence-electron chi connectivity index (χ1n) is 14.4. The molecule has 0 aromatic heterocycles. The first kappa shape index (κ1) is 23.4. The molecule has 5 fully saturated rings. The number of hydrogen-bond acceptors (Lipinski definition) is 1. The third kappa shape index (κ3) is 2.85. The molecule has 11 atom stereocenters. The fraction of sp³-hybridized carbons (Fsp3) is 0.935. The van der Waals surface area contributed by atoms with Crippen molar-refractivity contribution in [1.29, 1.82) is 0 Å². The summed E-state index contributed by atoms with van der Waals surface area (Å²) in [4.78, 5) is 0. The molecular weight excluding hydrogens is 388 g/mol. The van der Waals surface area contributed by atoms with Gasteiger partial charge in [-0.15, -0.1) is 0 Å². The van der Waals surface area contributed by atoms with Gasteiger partial charge in [0, 0.05) is 0 Å². The molecule has 182 valence electrons. The molecule has 1 heteroatoms. The van der Waals surface area contributed by atoms with Crippen molar-refractivity contribution in [3.8, 4) is 0 Å². The third-order valence-electron chi connectivity index (χ3n) is 13.3. The summed E-state index contributed by atoms with van der Waals surface area (Å²) in [7, 11) is 0. The van der Waals surface area contributed by atoms with E-state index in [4.69, 9.17) is 0 Å². The zero-order chi connectivity index (χ0) is 23.1. The van der Waals surface area contributed by atoms with Crippen LogP contribution in [-0.4, -0.2) is 11.2 Å². The normalized spacial score (nSPS) is 54.0. The van der Waals surface area contributed by atoms with Crippen LogP contribution in [0.15, 0.2) is 12.2 Å². The second kappa shape index (κ2) is 7.60. The molecule has 0 aromatic rings. The average molecular weight is 441 g/mol. The lowest BCUT2D eigenvalue weighted by atomic mass is 9.43. The highest BCUT2D eigenvalue weighted by atomic mass is 16.3. The van der Waals surface area contributed by atoms with E-state index in [9.17, 15) is 5.11 Å². The molecule has 32 heavy (non-hydrogen) atoms. The van der Waals surface area contributed by atoms with E-state index in [0.717, 1.165) is 36.0 Å². The van der Waals surface area contributed by atoms with E-state index in [1.807, 2.05) is 0 Å². The van der Waals surface area contributed by atoms with Gasteiger partial charge in [0.25, 0.3) is 0 Å². The standard InChI is InChI=1S/C31H52O/c1-8-23(20(2)3)10-9-21(4)24-13-15-29(7)27-12-11-25-22(5)26(32)14-16-30(25)19-31(27,30)18-17-28(24,29)6/h9-10,20-27,32H,8,11-19H2,1-7H3/b10-9+/t21-,22+,23-,24-,25-,26+,27+,28-,29+,30-,31-/m1/s1. The highest BCUT2D eigenvalue weighted by Gasteiger charge is 2.81. The van der Waals surface area contributed by atoms with Crippen LogP contribution >= 0.6 is 0 Å². The Labute approximate surface area is 199 Å². The van der Waals surface area contributed by atoms with E-state index in [0.29, 0.717) is 33.5 Å². The van der Waals surface area contributed by atoms with E-state index in [1.165, 1.54) is 57.8 Å². The van der Waals surface area contributed by atoms with Crippen LogP contribution in [0.2, 0.25) is 0 Å². The van der Waals surface area contributed by atoms with Gasteiger partial charge in [-0.05, 0) is 127 Å². The van der Waals surface area contributed by atoms with Crippen molar-refractivity contribution < 1.29 is 5.11 Å². The first-order chi connectivity index (χ1) is 15.1. The topological polar surface area (TPSA) is 20.2 Å². The Kier molecular flexibility index (Phi) is 5.57. The summed E-state index contributed by atoms with van der Waals surface area (Å²) in [6.07, 6.45) is 19.0. The molecule has 0 saturated heterocycles. The summed E-state index contributed by atoms with van der Waals surface area (Å²) < 4.78 is 0. The highest BCUT2D eigenvalue weighted by molar-refractivity contribution is 5.29. The van der Waals surface area contributed by atoms with Crippen molar-refractivity contribution in [2.24, 2.45) is 63.1 Å². The molecular formula is C31H52O. The van der Waals surface area contributed by atoms with Gasteiger partial charge in [-0.3, -0.25) is 0 Å². The van der Waals surface area contributed by atoms with Gasteiger partial charge < -0.3 is 5.11 Å². The van der Waals surface area contributed by atoms with Crippen LogP contribution in [0.25, 0.3) is 0 Å². The summed E-state index contributed by atoms with van der Waals surface area (Å²) in [5, 5.41) is 10.6. The monoisotopic (exact) mass is 440 g/mol. The molecule has 0 aliphatic heterocycles. The van der Waals surface area contributed by atoms with Crippen molar-refractivity contribution in [2.45, 2.75) is 119 Å². The molecule has 5 aliphatic rings. The number of rotatable bonds is 5. The van der Waals surface area contributed by atoms with Gasteiger partial charge in [0.2, 0.25) is 0 Å². The Balaban J connectivity index is 1.39. The quantitative estimate of drug-likeness (QED) is 0.426. The van der Waals surface area contributed by atoms with Crippen LogP contribution in [0.5, 0.6) is 0 Å². The van der Waals surface area contributed by atoms with Crippen LogP contribution in [-0.2, 0) is 0 Å². The SMILES string of the molecule is CC[C@H](/C=C/[C@@H](C)[C@H]1CC[C@@]2(C)[C@@H]3CC[C@@H]4[C@H](C)[C@@H](O)CC[C@@]45C[C@]35CC[C@]12C)C(C)C. The van der Waals surface area contributed by atoms with Gasteiger partial charge >= 0.3 is 0 Å². The maximum atomic E-state index is 10.6. The number of allylic oxidation sites excluding steroid dienone is 2. The molecule has 0 radical (unpaired) electrons. The van der Waals surface area contributed by atoms with Crippen LogP contribution < -0.4 is 0 Å². The Bertz CT molecular complexity index is 754. The summed E-state index contributed by atoms with van der Waals surface area (Å²) in [6.45, 7) is 17.5. The number of fused-ring (bicyclic) bond motifs is 2. The average Bonchev–Trinajstić information content (AvgIpc) is 3.33. The molecule has 5 rings (SSSR count). The number of hydrogen-bond donors (Lipinski definition) is 1. The molecule has 5 aliphatic carbocycles. The van der Waals surface area contributed by atoms with Crippen molar-refractivity contribution in [3.05, 3.63) is 12.2 Å². The van der Waals surface area contributed by atoms with Gasteiger partial charge in [-0.25, -0.2) is 0 Å². The molecule has 5 saturated carbocycles. The minimum absolute atomic E-state index is 0.0365. The lowest BCUT2D eigenvalue weighted by Gasteiger charge is -2.62. The molecule has 0 aromatic carbocycles. The summed E-state index contributed by atoms with van der Waals surface area (Å²) in [6, 6.07) is 0. The maximum absolute atomic E-state index is 10.6. The molecule has 2 spiro atoms. The van der Waals surface area contributed by atoms with Crippen LogP contribution in [0.4, 0.5) is 0 Å². The fourth-order valence-corrected chi connectivity index (χ4v) is 11.2. The molecule has 1 nitrogen and oxygen atoms in total. The summed E-state index contributed by atoms with van der Waals surface area (Å²) in [5.41, 5.74) is 2.27. The van der Waals surface area contributed by atoms with Crippen LogP contribution in [0.3, 0.4) is 0 Å². The predicted molar refractivity (Wildman–Crippen MR) is 135 cm³/mol. The lowest BCUT2D eigenvalue weighted by molar-refractivity contribution is -0.141. The van der Waals surface area contributed by atoms with Crippen molar-refractivity contribution in [1.82, 2.24) is 0 Å². The molecule has 1 N–H and O–H groups in total. The zero-order valence-electron chi connectivity index (χ0n) is 22.3. The Morgan fingerprint density at radius 2 is 1.62 bits per heavy atom. The fourth-order valence-electron chi connectivity index (χ4n) is 11.2. The molecule has 0 amide bonds. The largest absolute Gasteiger partial charge is 0.393 e. The second-order valence-corrected chi connectivity index (χ2v) is 14.2. The summed E-state index contributed by atoms with van der Waals surface area (Å²) >= 11 is 0. The van der Waals surface area contributed by atoms with E-state index in [1.54, 1.807) is 0 Å². The third-order valence-corrected chi connectivity index (χ3v) is 13.3. The molecule has 0 unspecified atom stereocenters. The zero-order valence-corrected chi connectivity index (χ0v) is 22.3. The second-order valence-electron chi connectivity index (χ2n) is 14.2. The molecule has 0 bridgehead atoms. The minimum atomic E-state index is -0.0365. The van der Waals surface area contributed by atoms with E-state index in [2.05, 4.69) is 60.6 Å². The van der Waals surface area contributed by atoms with E-state index in [-0.39, 0.29) is 6.10 Å². The van der Waals surface area contributed by atoms with E-state index < -0.39 is 0 Å². The van der Waals surface area contributed by atoms with Crippen molar-refractivity contribution in [2.75, 3.05) is 0 Å². The van der Waals surface area contributed by atoms with Crippen LogP contribution in [0, 0.1) is 63.1 Å². The van der Waals surface area contributed by atoms with Gasteiger partial charge in [0.05, 0.1) is 6.10 Å². The maximum Gasteiger partial charge on any atom is 0.0568 e. The van der Waals surface area contributed by atoms with Crippen molar-refractivity contribution in [3.63, 3.8) is 0 Å². The smallest absolute Gasteiger partial charge is 0.0568 e. The summed E-state index contributed by atoms with van der Waals surface area (Å²) in [5.74, 6) is 5.31. The van der Waals surface area contributed by atoms with Gasteiger partial charge in [-0.1, -0.05) is 60.6 Å². The Morgan fingerprint density at radius 1 is 0.875 bits per heavy atom. The Morgan fingerprint density at radius 3 is 2.31 bits per heavy atom. The highest BCUT2D eigenvalue weighted by Crippen LogP contribution is 2.88. The number of aliphatic hydroxyl groups excluding tert-OH is 1. The van der Waals surface area contributed by atoms with Crippen LogP contribution in [0.1, 0.15) is 113 Å². The van der Waals surface area contributed by atoms with Gasteiger partial charge in [0.1, 0.15) is 0 Å². The van der Waals surface area contributed by atoms with Gasteiger partial charge in [0.15, 0.2) is 0 Å².